The van der Waals surface area contributed by atoms with Crippen molar-refractivity contribution in [3.05, 3.63) is 46.0 Å². The van der Waals surface area contributed by atoms with E-state index in [1.54, 1.807) is 0 Å². The first-order chi connectivity index (χ1) is 8.70. The molecule has 0 spiro atoms. The fraction of sp³-hybridized carbons (Fsp3) is 0.167. The molecule has 94 valence electrons. The number of hydrogen-bond acceptors (Lipinski definition) is 4. The summed E-state index contributed by atoms with van der Waals surface area (Å²) >= 11 is 5.84. The summed E-state index contributed by atoms with van der Waals surface area (Å²) in [5.74, 6) is 1.05. The molecule has 0 saturated heterocycles. The number of aromatic nitrogens is 2. The van der Waals surface area contributed by atoms with Gasteiger partial charge < -0.3 is 15.0 Å². The Morgan fingerprint density at radius 2 is 2.33 bits per heavy atom. The average Bonchev–Trinajstić information content (AvgIpc) is 2.36. The molecule has 0 aliphatic carbocycles. The lowest BCUT2D eigenvalue weighted by molar-refractivity contribution is 0.340. The van der Waals surface area contributed by atoms with Gasteiger partial charge in [0.2, 0.25) is 0 Å². The maximum Gasteiger partial charge on any atom is 0.271 e. The zero-order valence-corrected chi connectivity index (χ0v) is 10.5. The van der Waals surface area contributed by atoms with Crippen molar-refractivity contribution >= 4 is 23.1 Å². The van der Waals surface area contributed by atoms with E-state index in [0.717, 1.165) is 11.4 Å². The smallest absolute Gasteiger partial charge is 0.271 e. The van der Waals surface area contributed by atoms with Crippen molar-refractivity contribution in [3.63, 3.8) is 0 Å². The fourth-order valence-electron chi connectivity index (χ4n) is 1.44. The topological polar surface area (TPSA) is 67.0 Å². The van der Waals surface area contributed by atoms with Crippen LogP contribution in [0.4, 0.5) is 11.5 Å². The third kappa shape index (κ3) is 2.81. The molecule has 0 bridgehead atoms. The van der Waals surface area contributed by atoms with Gasteiger partial charge in [0.15, 0.2) is 5.82 Å². The predicted octanol–water partition coefficient (Wildman–Crippen LogP) is 2.57. The van der Waals surface area contributed by atoms with Crippen LogP contribution in [0, 0.1) is 0 Å². The number of aromatic amines is 1. The predicted molar refractivity (Wildman–Crippen MR) is 70.8 cm³/mol. The van der Waals surface area contributed by atoms with Gasteiger partial charge in [-0.1, -0.05) is 17.7 Å². The molecule has 0 unspecified atom stereocenters. The fourth-order valence-corrected chi connectivity index (χ4v) is 1.59. The lowest BCUT2D eigenvalue weighted by Gasteiger charge is -2.08. The summed E-state index contributed by atoms with van der Waals surface area (Å²) < 4.78 is 5.38. The molecule has 18 heavy (non-hydrogen) atoms. The van der Waals surface area contributed by atoms with Gasteiger partial charge in [-0.05, 0) is 19.1 Å². The maximum absolute atomic E-state index is 11.3. The molecular weight excluding hydrogens is 254 g/mol. The van der Waals surface area contributed by atoms with Gasteiger partial charge in [0.25, 0.3) is 5.56 Å². The number of nitrogens with one attached hydrogen (secondary N) is 2. The van der Waals surface area contributed by atoms with E-state index in [4.69, 9.17) is 16.3 Å². The van der Waals surface area contributed by atoms with Crippen LogP contribution in [-0.2, 0) is 0 Å². The minimum absolute atomic E-state index is 0.0271. The highest BCUT2D eigenvalue weighted by atomic mass is 35.5. The second-order valence-corrected chi connectivity index (χ2v) is 3.86. The van der Waals surface area contributed by atoms with Gasteiger partial charge in [0.05, 0.1) is 12.9 Å². The van der Waals surface area contributed by atoms with Crippen molar-refractivity contribution < 1.29 is 4.74 Å². The van der Waals surface area contributed by atoms with E-state index < -0.39 is 0 Å². The van der Waals surface area contributed by atoms with Gasteiger partial charge in [0, 0.05) is 11.8 Å². The van der Waals surface area contributed by atoms with Gasteiger partial charge in [-0.25, -0.2) is 4.98 Å². The molecule has 0 atom stereocenters. The zero-order chi connectivity index (χ0) is 13.0. The highest BCUT2D eigenvalue weighted by Gasteiger charge is 2.06. The van der Waals surface area contributed by atoms with Crippen LogP contribution in [0.25, 0.3) is 0 Å². The van der Waals surface area contributed by atoms with Crippen molar-refractivity contribution in [2.24, 2.45) is 0 Å². The van der Waals surface area contributed by atoms with E-state index in [-0.39, 0.29) is 10.6 Å². The van der Waals surface area contributed by atoms with Crippen LogP contribution in [0.2, 0.25) is 5.02 Å². The molecule has 0 aliphatic rings. The van der Waals surface area contributed by atoms with Gasteiger partial charge in [-0.2, -0.15) is 0 Å². The summed E-state index contributed by atoms with van der Waals surface area (Å²) in [5, 5.41) is 3.00. The molecule has 6 heteroatoms. The van der Waals surface area contributed by atoms with Crippen LogP contribution in [0.1, 0.15) is 6.92 Å². The molecule has 2 aromatic rings. The molecule has 0 fully saturated rings. The highest BCUT2D eigenvalue weighted by Crippen LogP contribution is 2.22. The number of halogens is 1. The summed E-state index contributed by atoms with van der Waals surface area (Å²) in [6, 6.07) is 7.33. The molecule has 2 rings (SSSR count). The third-order valence-electron chi connectivity index (χ3n) is 2.20. The standard InChI is InChI=1S/C12H12ClN3O2/c1-2-18-9-5-3-4-8(6-9)16-11-10(13)12(17)15-7-14-11/h3-7H,2H2,1H3,(H2,14,15,16,17). The first-order valence-electron chi connectivity index (χ1n) is 5.43. The summed E-state index contributed by atoms with van der Waals surface area (Å²) in [6.45, 7) is 2.50. The second kappa shape index (κ2) is 5.55. The van der Waals surface area contributed by atoms with E-state index in [2.05, 4.69) is 15.3 Å². The molecule has 1 aromatic carbocycles. The molecular formula is C12H12ClN3O2. The zero-order valence-electron chi connectivity index (χ0n) is 9.74. The van der Waals surface area contributed by atoms with Crippen LogP contribution in [0.3, 0.4) is 0 Å². The summed E-state index contributed by atoms with van der Waals surface area (Å²) in [4.78, 5) is 17.7. The molecule has 1 heterocycles. The summed E-state index contributed by atoms with van der Waals surface area (Å²) in [7, 11) is 0. The Bertz CT molecular complexity index is 598. The van der Waals surface area contributed by atoms with Gasteiger partial charge in [-0.3, -0.25) is 4.79 Å². The van der Waals surface area contributed by atoms with Crippen LogP contribution in [0.5, 0.6) is 5.75 Å². The normalized spacial score (nSPS) is 10.1. The maximum atomic E-state index is 11.3. The number of H-pyrrole nitrogens is 1. The van der Waals surface area contributed by atoms with Crippen molar-refractivity contribution in [1.82, 2.24) is 9.97 Å². The molecule has 0 aliphatic heterocycles. The molecule has 0 amide bonds. The molecule has 0 radical (unpaired) electrons. The Balaban J connectivity index is 2.25. The Hall–Kier alpha value is -2.01. The van der Waals surface area contributed by atoms with Crippen molar-refractivity contribution in [3.8, 4) is 5.75 Å². The van der Waals surface area contributed by atoms with Crippen LogP contribution in [0.15, 0.2) is 35.4 Å². The highest BCUT2D eigenvalue weighted by molar-refractivity contribution is 6.32. The van der Waals surface area contributed by atoms with Crippen LogP contribution in [-0.4, -0.2) is 16.6 Å². The summed E-state index contributed by atoms with van der Waals surface area (Å²) in [5.41, 5.74) is 0.371. The van der Waals surface area contributed by atoms with E-state index in [0.29, 0.717) is 12.4 Å². The second-order valence-electron chi connectivity index (χ2n) is 3.48. The van der Waals surface area contributed by atoms with Gasteiger partial charge in [0.1, 0.15) is 10.8 Å². The Kier molecular flexibility index (Phi) is 3.84. The van der Waals surface area contributed by atoms with Gasteiger partial charge >= 0.3 is 0 Å². The van der Waals surface area contributed by atoms with E-state index >= 15 is 0 Å². The minimum atomic E-state index is -0.380. The first kappa shape index (κ1) is 12.4. The molecule has 1 aromatic heterocycles. The van der Waals surface area contributed by atoms with E-state index in [9.17, 15) is 4.79 Å². The monoisotopic (exact) mass is 265 g/mol. The average molecular weight is 266 g/mol. The van der Waals surface area contributed by atoms with E-state index in [1.165, 1.54) is 6.33 Å². The molecule has 2 N–H and O–H groups in total. The van der Waals surface area contributed by atoms with Crippen LogP contribution < -0.4 is 15.6 Å². The van der Waals surface area contributed by atoms with Crippen molar-refractivity contribution in [2.45, 2.75) is 6.92 Å². The molecule has 0 saturated carbocycles. The lowest BCUT2D eigenvalue weighted by atomic mass is 10.3. The SMILES string of the molecule is CCOc1cccc(Nc2nc[nH]c(=O)c2Cl)c1. The van der Waals surface area contributed by atoms with Crippen LogP contribution >= 0.6 is 11.6 Å². The number of nitrogens with zero attached hydrogens (tertiary/aromatic N) is 1. The number of ether oxygens (including phenoxy) is 1. The summed E-state index contributed by atoms with van der Waals surface area (Å²) in [6.07, 6.45) is 1.29. The Morgan fingerprint density at radius 3 is 3.11 bits per heavy atom. The number of benzene rings is 1. The number of anilines is 2. The van der Waals surface area contributed by atoms with Crippen molar-refractivity contribution in [1.29, 1.82) is 0 Å². The minimum Gasteiger partial charge on any atom is -0.494 e. The quantitative estimate of drug-likeness (QED) is 0.892. The largest absolute Gasteiger partial charge is 0.494 e. The first-order valence-corrected chi connectivity index (χ1v) is 5.81. The number of hydrogen-bond donors (Lipinski definition) is 2. The van der Waals surface area contributed by atoms with Crippen molar-refractivity contribution in [2.75, 3.05) is 11.9 Å². The lowest BCUT2D eigenvalue weighted by Crippen LogP contribution is -2.09. The molecule has 5 nitrogen and oxygen atoms in total. The van der Waals surface area contributed by atoms with Gasteiger partial charge in [-0.15, -0.1) is 0 Å². The Labute approximate surface area is 109 Å². The Morgan fingerprint density at radius 1 is 1.50 bits per heavy atom. The third-order valence-corrected chi connectivity index (χ3v) is 2.55. The van der Waals surface area contributed by atoms with E-state index in [1.807, 2.05) is 31.2 Å². The number of rotatable bonds is 4.